The summed E-state index contributed by atoms with van der Waals surface area (Å²) >= 11 is 0. The van der Waals surface area contributed by atoms with Gasteiger partial charge in [-0.3, -0.25) is 4.79 Å². The van der Waals surface area contributed by atoms with Gasteiger partial charge in [-0.2, -0.15) is 0 Å². The minimum Gasteiger partial charge on any atom is -0.481 e. The lowest BCUT2D eigenvalue weighted by Crippen LogP contribution is -2.03. The number of carbonyl (C=O) groups is 1. The summed E-state index contributed by atoms with van der Waals surface area (Å²) in [6.07, 6.45) is 23.2. The van der Waals surface area contributed by atoms with Crippen molar-refractivity contribution in [3.63, 3.8) is 0 Å². The van der Waals surface area contributed by atoms with Gasteiger partial charge in [0.05, 0.1) is 0 Å². The molecule has 2 nitrogen and oxygen atoms in total. The molecule has 0 aromatic carbocycles. The SMILES string of the molecule is CC(C)CCCCC/C=C/C1CCC[C@@H]1C/C=C\CCCC(=O)O. The molecule has 1 rings (SSSR count). The van der Waals surface area contributed by atoms with E-state index in [2.05, 4.69) is 38.2 Å². The number of carboxylic acids is 1. The topological polar surface area (TPSA) is 37.3 Å². The van der Waals surface area contributed by atoms with E-state index in [1.165, 1.54) is 51.4 Å². The highest BCUT2D eigenvalue weighted by Crippen LogP contribution is 2.35. The molecule has 0 bridgehead atoms. The van der Waals surface area contributed by atoms with Gasteiger partial charge in [0.1, 0.15) is 0 Å². The van der Waals surface area contributed by atoms with Crippen molar-refractivity contribution in [2.45, 2.75) is 90.9 Å². The van der Waals surface area contributed by atoms with Gasteiger partial charge in [-0.15, -0.1) is 0 Å². The largest absolute Gasteiger partial charge is 0.481 e. The van der Waals surface area contributed by atoms with E-state index in [1.54, 1.807) is 0 Å². The third-order valence-electron chi connectivity index (χ3n) is 5.12. The first-order chi connectivity index (χ1) is 11.6. The Kier molecular flexibility index (Phi) is 11.6. The summed E-state index contributed by atoms with van der Waals surface area (Å²) in [7, 11) is 0. The molecule has 0 aliphatic heterocycles. The Bertz CT molecular complexity index is 381. The predicted molar refractivity (Wildman–Crippen MR) is 103 cm³/mol. The second-order valence-electron chi connectivity index (χ2n) is 7.81. The van der Waals surface area contributed by atoms with Crippen LogP contribution in [0.1, 0.15) is 90.9 Å². The van der Waals surface area contributed by atoms with Gasteiger partial charge in [-0.1, -0.05) is 63.8 Å². The Morgan fingerprint density at radius 3 is 2.58 bits per heavy atom. The quantitative estimate of drug-likeness (QED) is 0.298. The fourth-order valence-electron chi connectivity index (χ4n) is 3.63. The van der Waals surface area contributed by atoms with Crippen molar-refractivity contribution in [3.05, 3.63) is 24.3 Å². The van der Waals surface area contributed by atoms with Gasteiger partial charge >= 0.3 is 5.97 Å². The highest BCUT2D eigenvalue weighted by molar-refractivity contribution is 5.66. The molecule has 0 heterocycles. The van der Waals surface area contributed by atoms with Gasteiger partial charge in [0.25, 0.3) is 0 Å². The molecule has 0 saturated heterocycles. The first-order valence-corrected chi connectivity index (χ1v) is 10.1. The standard InChI is InChI=1S/C22H38O2/c1-19(2)13-8-4-3-5-9-14-20-16-12-17-21(20)15-10-6-7-11-18-22(23)24/h6,9-10,14,19-21H,3-5,7-8,11-13,15-18H2,1-2H3,(H,23,24)/b10-6-,14-9+/t20?,21-/m0/s1. The summed E-state index contributed by atoms with van der Waals surface area (Å²) in [6.45, 7) is 4.61. The average molecular weight is 335 g/mol. The molecule has 1 unspecified atom stereocenters. The van der Waals surface area contributed by atoms with Crippen molar-refractivity contribution in [1.82, 2.24) is 0 Å². The fraction of sp³-hybridized carbons (Fsp3) is 0.773. The molecule has 24 heavy (non-hydrogen) atoms. The van der Waals surface area contributed by atoms with E-state index >= 15 is 0 Å². The average Bonchev–Trinajstić information content (AvgIpc) is 2.96. The number of allylic oxidation sites excluding steroid dienone is 4. The third kappa shape index (κ3) is 10.7. The molecule has 0 radical (unpaired) electrons. The highest BCUT2D eigenvalue weighted by atomic mass is 16.4. The van der Waals surface area contributed by atoms with Crippen LogP contribution in [-0.2, 0) is 4.79 Å². The monoisotopic (exact) mass is 334 g/mol. The zero-order valence-corrected chi connectivity index (χ0v) is 15.9. The Balaban J connectivity index is 2.12. The van der Waals surface area contributed by atoms with Crippen LogP contribution in [-0.4, -0.2) is 11.1 Å². The maximum absolute atomic E-state index is 10.5. The molecule has 1 aliphatic rings. The van der Waals surface area contributed by atoms with Crippen molar-refractivity contribution in [3.8, 4) is 0 Å². The van der Waals surface area contributed by atoms with E-state index in [0.29, 0.717) is 0 Å². The molecule has 138 valence electrons. The molecule has 1 saturated carbocycles. The van der Waals surface area contributed by atoms with Gasteiger partial charge in [0, 0.05) is 6.42 Å². The van der Waals surface area contributed by atoms with E-state index in [1.807, 2.05) is 0 Å². The van der Waals surface area contributed by atoms with E-state index < -0.39 is 5.97 Å². The number of carboxylic acid groups (broad SMARTS) is 1. The van der Waals surface area contributed by atoms with E-state index in [4.69, 9.17) is 5.11 Å². The third-order valence-corrected chi connectivity index (χ3v) is 5.12. The lowest BCUT2D eigenvalue weighted by atomic mass is 9.92. The molecule has 0 aromatic rings. The van der Waals surface area contributed by atoms with Crippen LogP contribution in [0.15, 0.2) is 24.3 Å². The van der Waals surface area contributed by atoms with E-state index in [0.717, 1.165) is 37.0 Å². The molecule has 0 amide bonds. The molecular formula is C22H38O2. The maximum Gasteiger partial charge on any atom is 0.303 e. The van der Waals surface area contributed by atoms with Crippen LogP contribution in [0.3, 0.4) is 0 Å². The second kappa shape index (κ2) is 13.3. The Morgan fingerprint density at radius 2 is 1.83 bits per heavy atom. The van der Waals surface area contributed by atoms with Crippen LogP contribution in [0.25, 0.3) is 0 Å². The van der Waals surface area contributed by atoms with Gasteiger partial charge in [0.15, 0.2) is 0 Å². The number of rotatable bonds is 13. The molecule has 2 heteroatoms. The first-order valence-electron chi connectivity index (χ1n) is 10.1. The number of aliphatic carboxylic acids is 1. The van der Waals surface area contributed by atoms with Crippen LogP contribution < -0.4 is 0 Å². The molecule has 0 aromatic heterocycles. The summed E-state index contributed by atoms with van der Waals surface area (Å²) in [5, 5.41) is 8.62. The lowest BCUT2D eigenvalue weighted by molar-refractivity contribution is -0.137. The zero-order chi connectivity index (χ0) is 17.6. The predicted octanol–water partition coefficient (Wildman–Crippen LogP) is 6.77. The number of unbranched alkanes of at least 4 members (excludes halogenated alkanes) is 4. The van der Waals surface area contributed by atoms with Crippen LogP contribution in [0, 0.1) is 17.8 Å². The minimum atomic E-state index is -0.686. The summed E-state index contributed by atoms with van der Waals surface area (Å²) in [6, 6.07) is 0. The number of hydrogen-bond donors (Lipinski definition) is 1. The van der Waals surface area contributed by atoms with Crippen molar-refractivity contribution >= 4 is 5.97 Å². The molecule has 1 aliphatic carbocycles. The summed E-state index contributed by atoms with van der Waals surface area (Å²) < 4.78 is 0. The molecule has 0 spiro atoms. The normalized spacial score (nSPS) is 21.5. The van der Waals surface area contributed by atoms with Crippen LogP contribution in [0.2, 0.25) is 0 Å². The molecule has 2 atom stereocenters. The molecular weight excluding hydrogens is 296 g/mol. The van der Waals surface area contributed by atoms with Crippen LogP contribution >= 0.6 is 0 Å². The molecule has 1 N–H and O–H groups in total. The smallest absolute Gasteiger partial charge is 0.303 e. The van der Waals surface area contributed by atoms with Crippen LogP contribution in [0.4, 0.5) is 0 Å². The van der Waals surface area contributed by atoms with Crippen molar-refractivity contribution in [2.24, 2.45) is 17.8 Å². The van der Waals surface area contributed by atoms with Crippen molar-refractivity contribution in [2.75, 3.05) is 0 Å². The Morgan fingerprint density at radius 1 is 1.04 bits per heavy atom. The summed E-state index contributed by atoms with van der Waals surface area (Å²) in [5.74, 6) is 1.73. The molecule has 1 fully saturated rings. The fourth-order valence-corrected chi connectivity index (χ4v) is 3.63. The first kappa shape index (κ1) is 21.0. The number of hydrogen-bond acceptors (Lipinski definition) is 1. The van der Waals surface area contributed by atoms with Crippen LogP contribution in [0.5, 0.6) is 0 Å². The zero-order valence-electron chi connectivity index (χ0n) is 15.9. The van der Waals surface area contributed by atoms with Gasteiger partial charge in [-0.25, -0.2) is 0 Å². The van der Waals surface area contributed by atoms with Gasteiger partial charge < -0.3 is 5.11 Å². The summed E-state index contributed by atoms with van der Waals surface area (Å²) in [4.78, 5) is 10.5. The lowest BCUT2D eigenvalue weighted by Gasteiger charge is -2.14. The van der Waals surface area contributed by atoms with Gasteiger partial charge in [-0.05, 0) is 62.7 Å². The Labute approximate surface area is 149 Å². The highest BCUT2D eigenvalue weighted by Gasteiger charge is 2.23. The van der Waals surface area contributed by atoms with Crippen molar-refractivity contribution < 1.29 is 9.90 Å². The minimum absolute atomic E-state index is 0.288. The van der Waals surface area contributed by atoms with Crippen molar-refractivity contribution in [1.29, 1.82) is 0 Å². The van der Waals surface area contributed by atoms with Gasteiger partial charge in [0.2, 0.25) is 0 Å². The maximum atomic E-state index is 10.5. The van der Waals surface area contributed by atoms with E-state index in [-0.39, 0.29) is 6.42 Å². The van der Waals surface area contributed by atoms with E-state index in [9.17, 15) is 4.79 Å². The Hall–Kier alpha value is -1.05. The second-order valence-corrected chi connectivity index (χ2v) is 7.81. The summed E-state index contributed by atoms with van der Waals surface area (Å²) in [5.41, 5.74) is 0.